The lowest BCUT2D eigenvalue weighted by Gasteiger charge is -2.14. The number of alkyl halides is 1. The van der Waals surface area contributed by atoms with Crippen LogP contribution in [0.2, 0.25) is 0 Å². The summed E-state index contributed by atoms with van der Waals surface area (Å²) in [5.74, 6) is 0.405. The van der Waals surface area contributed by atoms with Gasteiger partial charge in [-0.2, -0.15) is 0 Å². The Labute approximate surface area is 117 Å². The molecule has 0 radical (unpaired) electrons. The van der Waals surface area contributed by atoms with Crippen LogP contribution in [-0.2, 0) is 13.5 Å². The summed E-state index contributed by atoms with van der Waals surface area (Å²) in [5.41, 5.74) is 2.32. The molecule has 0 N–H and O–H groups in total. The van der Waals surface area contributed by atoms with E-state index in [2.05, 4.69) is 60.4 Å². The number of halogens is 2. The van der Waals surface area contributed by atoms with Gasteiger partial charge >= 0.3 is 0 Å². The molecule has 1 unspecified atom stereocenters. The van der Waals surface area contributed by atoms with Gasteiger partial charge in [-0.05, 0) is 11.6 Å². The lowest BCUT2D eigenvalue weighted by Crippen LogP contribution is -2.05. The molecule has 0 saturated carbocycles. The SMILES string of the molecule is Cn1cc(CC(CBr)c2ccccc2Br)nn1. The topological polar surface area (TPSA) is 30.7 Å². The van der Waals surface area contributed by atoms with E-state index < -0.39 is 0 Å². The lowest BCUT2D eigenvalue weighted by atomic mass is 9.96. The number of aryl methyl sites for hydroxylation is 1. The lowest BCUT2D eigenvalue weighted by molar-refractivity contribution is 0.708. The molecule has 17 heavy (non-hydrogen) atoms. The van der Waals surface area contributed by atoms with Crippen LogP contribution in [0.5, 0.6) is 0 Å². The molecule has 3 nitrogen and oxygen atoms in total. The van der Waals surface area contributed by atoms with Crippen LogP contribution in [0.3, 0.4) is 0 Å². The molecule has 2 aromatic rings. The first-order valence-corrected chi connectivity index (χ1v) is 7.27. The molecule has 0 bridgehead atoms. The van der Waals surface area contributed by atoms with Gasteiger partial charge in [0.05, 0.1) is 5.69 Å². The minimum absolute atomic E-state index is 0.405. The van der Waals surface area contributed by atoms with Gasteiger partial charge in [0.25, 0.3) is 0 Å². The van der Waals surface area contributed by atoms with E-state index in [0.29, 0.717) is 5.92 Å². The number of hydrogen-bond acceptors (Lipinski definition) is 2. The zero-order valence-corrected chi connectivity index (χ0v) is 12.6. The third-order valence-corrected chi connectivity index (χ3v) is 4.14. The number of rotatable bonds is 4. The fourth-order valence-corrected chi connectivity index (χ4v) is 2.98. The van der Waals surface area contributed by atoms with Gasteiger partial charge in [0.15, 0.2) is 0 Å². The standard InChI is InChI=1S/C12H13Br2N3/c1-17-8-10(15-16-17)6-9(7-13)11-4-2-3-5-12(11)14/h2-5,8-9H,6-7H2,1H3. The summed E-state index contributed by atoms with van der Waals surface area (Å²) >= 11 is 7.17. The predicted molar refractivity (Wildman–Crippen MR) is 75.4 cm³/mol. The molecule has 1 atom stereocenters. The Balaban J connectivity index is 2.20. The first-order chi connectivity index (χ1) is 8.20. The average Bonchev–Trinajstić information content (AvgIpc) is 2.73. The maximum atomic E-state index is 4.14. The summed E-state index contributed by atoms with van der Waals surface area (Å²) in [6.07, 6.45) is 2.86. The Morgan fingerprint density at radius 3 is 2.71 bits per heavy atom. The van der Waals surface area contributed by atoms with Gasteiger partial charge in [-0.15, -0.1) is 5.10 Å². The van der Waals surface area contributed by atoms with Crippen molar-refractivity contribution in [2.24, 2.45) is 7.05 Å². The van der Waals surface area contributed by atoms with Gasteiger partial charge in [-0.3, -0.25) is 4.68 Å². The molecule has 0 spiro atoms. The minimum atomic E-state index is 0.405. The predicted octanol–water partition coefficient (Wildman–Crippen LogP) is 3.30. The molecular weight excluding hydrogens is 346 g/mol. The van der Waals surface area contributed by atoms with E-state index in [1.54, 1.807) is 4.68 Å². The van der Waals surface area contributed by atoms with Crippen molar-refractivity contribution in [1.82, 2.24) is 15.0 Å². The monoisotopic (exact) mass is 357 g/mol. The maximum Gasteiger partial charge on any atom is 0.0833 e. The van der Waals surface area contributed by atoms with Crippen molar-refractivity contribution in [3.05, 3.63) is 46.2 Å². The van der Waals surface area contributed by atoms with Crippen molar-refractivity contribution in [2.45, 2.75) is 12.3 Å². The van der Waals surface area contributed by atoms with Crippen molar-refractivity contribution in [2.75, 3.05) is 5.33 Å². The van der Waals surface area contributed by atoms with Crippen LogP contribution in [0.25, 0.3) is 0 Å². The molecule has 1 aromatic carbocycles. The molecule has 0 saturated heterocycles. The second-order valence-corrected chi connectivity index (χ2v) is 5.46. The quantitative estimate of drug-likeness (QED) is 0.785. The molecular formula is C12H13Br2N3. The molecule has 90 valence electrons. The molecule has 1 aromatic heterocycles. The van der Waals surface area contributed by atoms with E-state index in [9.17, 15) is 0 Å². The smallest absolute Gasteiger partial charge is 0.0833 e. The van der Waals surface area contributed by atoms with Crippen molar-refractivity contribution in [3.63, 3.8) is 0 Å². The van der Waals surface area contributed by atoms with Crippen LogP contribution >= 0.6 is 31.9 Å². The van der Waals surface area contributed by atoms with Crippen LogP contribution in [0.15, 0.2) is 34.9 Å². The molecule has 0 aliphatic rings. The summed E-state index contributed by atoms with van der Waals surface area (Å²) in [5, 5.41) is 9.00. The first kappa shape index (κ1) is 12.8. The Morgan fingerprint density at radius 2 is 2.12 bits per heavy atom. The van der Waals surface area contributed by atoms with E-state index in [0.717, 1.165) is 21.9 Å². The third-order valence-electron chi connectivity index (χ3n) is 2.64. The number of benzene rings is 1. The third kappa shape index (κ3) is 3.16. The van der Waals surface area contributed by atoms with Crippen LogP contribution in [0, 0.1) is 0 Å². The van der Waals surface area contributed by atoms with Crippen LogP contribution in [0.1, 0.15) is 17.2 Å². The zero-order valence-electron chi connectivity index (χ0n) is 9.48. The van der Waals surface area contributed by atoms with E-state index in [1.807, 2.05) is 19.3 Å². The average molecular weight is 359 g/mol. The Hall–Kier alpha value is -0.680. The van der Waals surface area contributed by atoms with Crippen molar-refractivity contribution in [3.8, 4) is 0 Å². The number of nitrogens with zero attached hydrogens (tertiary/aromatic N) is 3. The normalized spacial score (nSPS) is 12.6. The highest BCUT2D eigenvalue weighted by Crippen LogP contribution is 2.28. The van der Waals surface area contributed by atoms with Crippen molar-refractivity contribution >= 4 is 31.9 Å². The highest BCUT2D eigenvalue weighted by atomic mass is 79.9. The summed E-state index contributed by atoms with van der Waals surface area (Å²) in [4.78, 5) is 0. The highest BCUT2D eigenvalue weighted by Gasteiger charge is 2.15. The van der Waals surface area contributed by atoms with E-state index in [4.69, 9.17) is 0 Å². The van der Waals surface area contributed by atoms with Crippen molar-refractivity contribution in [1.29, 1.82) is 0 Å². The molecule has 0 aliphatic carbocycles. The first-order valence-electron chi connectivity index (χ1n) is 5.36. The van der Waals surface area contributed by atoms with E-state index in [1.165, 1.54) is 5.56 Å². The zero-order chi connectivity index (χ0) is 12.3. The number of aromatic nitrogens is 3. The Bertz CT molecular complexity index is 496. The van der Waals surface area contributed by atoms with Crippen LogP contribution < -0.4 is 0 Å². The van der Waals surface area contributed by atoms with Gasteiger partial charge < -0.3 is 0 Å². The number of hydrogen-bond donors (Lipinski definition) is 0. The second-order valence-electron chi connectivity index (χ2n) is 3.96. The van der Waals surface area contributed by atoms with E-state index in [-0.39, 0.29) is 0 Å². The Morgan fingerprint density at radius 1 is 1.35 bits per heavy atom. The van der Waals surface area contributed by atoms with Crippen molar-refractivity contribution < 1.29 is 0 Å². The molecule has 0 amide bonds. The fraction of sp³-hybridized carbons (Fsp3) is 0.333. The van der Waals surface area contributed by atoms with Gasteiger partial charge in [-0.25, -0.2) is 0 Å². The fourth-order valence-electron chi connectivity index (χ4n) is 1.80. The summed E-state index contributed by atoms with van der Waals surface area (Å²) < 4.78 is 2.88. The van der Waals surface area contributed by atoms with Gasteiger partial charge in [0.2, 0.25) is 0 Å². The Kier molecular flexibility index (Phi) is 4.34. The minimum Gasteiger partial charge on any atom is -0.255 e. The molecule has 5 heteroatoms. The summed E-state index contributed by atoms with van der Waals surface area (Å²) in [6.45, 7) is 0. The molecule has 2 rings (SSSR count). The second kappa shape index (κ2) is 5.78. The molecule has 0 fully saturated rings. The molecule has 0 aliphatic heterocycles. The highest BCUT2D eigenvalue weighted by molar-refractivity contribution is 9.10. The van der Waals surface area contributed by atoms with Gasteiger partial charge in [0, 0.05) is 35.4 Å². The largest absolute Gasteiger partial charge is 0.255 e. The maximum absolute atomic E-state index is 4.14. The summed E-state index contributed by atoms with van der Waals surface area (Å²) in [7, 11) is 1.89. The van der Waals surface area contributed by atoms with Gasteiger partial charge in [-0.1, -0.05) is 55.3 Å². The van der Waals surface area contributed by atoms with Gasteiger partial charge in [0.1, 0.15) is 0 Å². The summed E-state index contributed by atoms with van der Waals surface area (Å²) in [6, 6.07) is 8.31. The van der Waals surface area contributed by atoms with Crippen LogP contribution in [0.4, 0.5) is 0 Å². The van der Waals surface area contributed by atoms with E-state index >= 15 is 0 Å². The molecule has 1 heterocycles. The van der Waals surface area contributed by atoms with Crippen LogP contribution in [-0.4, -0.2) is 20.3 Å².